The van der Waals surface area contributed by atoms with Gasteiger partial charge in [0.25, 0.3) is 0 Å². The Hall–Kier alpha value is -1.57. The Morgan fingerprint density at radius 1 is 1.29 bits per heavy atom. The van der Waals surface area contributed by atoms with E-state index in [1.165, 1.54) is 25.7 Å². The molecule has 1 aliphatic heterocycles. The summed E-state index contributed by atoms with van der Waals surface area (Å²) >= 11 is 0. The summed E-state index contributed by atoms with van der Waals surface area (Å²) in [5, 5.41) is 10.6. The lowest BCUT2D eigenvalue weighted by molar-refractivity contribution is -0.145. The smallest absolute Gasteiger partial charge is 0.311 e. The molecule has 0 atom stereocenters. The SMILES string of the molecule is N#CCNC(=O)C(=O)N1CCC2(CCCC2)C1. The van der Waals surface area contributed by atoms with E-state index >= 15 is 0 Å². The Balaban J connectivity index is 1.90. The fourth-order valence-corrected chi connectivity index (χ4v) is 2.98. The first kappa shape index (κ1) is 11.9. The number of hydrogen-bond acceptors (Lipinski definition) is 3. The zero-order chi connectivity index (χ0) is 12.3. The maximum absolute atomic E-state index is 11.8. The summed E-state index contributed by atoms with van der Waals surface area (Å²) in [7, 11) is 0. The highest BCUT2D eigenvalue weighted by Crippen LogP contribution is 2.45. The Kier molecular flexibility index (Phi) is 3.32. The van der Waals surface area contributed by atoms with Gasteiger partial charge in [-0.3, -0.25) is 9.59 Å². The minimum Gasteiger partial charge on any atom is -0.335 e. The van der Waals surface area contributed by atoms with Crippen molar-refractivity contribution in [2.75, 3.05) is 19.6 Å². The summed E-state index contributed by atoms with van der Waals surface area (Å²) in [6, 6.07) is 1.79. The lowest BCUT2D eigenvalue weighted by Gasteiger charge is -2.22. The van der Waals surface area contributed by atoms with Crippen molar-refractivity contribution >= 4 is 11.8 Å². The Bertz CT molecular complexity index is 366. The first-order chi connectivity index (χ1) is 8.17. The van der Waals surface area contributed by atoms with E-state index in [2.05, 4.69) is 5.32 Å². The third kappa shape index (κ3) is 2.41. The molecule has 0 aromatic carbocycles. The summed E-state index contributed by atoms with van der Waals surface area (Å²) in [5.74, 6) is -1.13. The largest absolute Gasteiger partial charge is 0.335 e. The van der Waals surface area contributed by atoms with Crippen LogP contribution in [0.4, 0.5) is 0 Å². The fourth-order valence-electron chi connectivity index (χ4n) is 2.98. The average molecular weight is 235 g/mol. The number of nitrogens with zero attached hydrogens (tertiary/aromatic N) is 2. The van der Waals surface area contributed by atoms with Crippen molar-refractivity contribution in [2.24, 2.45) is 5.41 Å². The van der Waals surface area contributed by atoms with Gasteiger partial charge in [-0.15, -0.1) is 0 Å². The van der Waals surface area contributed by atoms with Crippen molar-refractivity contribution in [3.05, 3.63) is 0 Å². The molecule has 0 bridgehead atoms. The van der Waals surface area contributed by atoms with Gasteiger partial charge in [0.1, 0.15) is 6.54 Å². The van der Waals surface area contributed by atoms with Crippen LogP contribution >= 0.6 is 0 Å². The van der Waals surface area contributed by atoms with E-state index in [1.54, 1.807) is 11.0 Å². The molecular weight excluding hydrogens is 218 g/mol. The summed E-state index contributed by atoms with van der Waals surface area (Å²) in [6.07, 6.45) is 5.85. The van der Waals surface area contributed by atoms with Crippen molar-refractivity contribution in [3.8, 4) is 6.07 Å². The molecule has 17 heavy (non-hydrogen) atoms. The fraction of sp³-hybridized carbons (Fsp3) is 0.750. The molecule has 0 aromatic heterocycles. The molecule has 1 heterocycles. The van der Waals surface area contributed by atoms with E-state index in [4.69, 9.17) is 5.26 Å². The first-order valence-corrected chi connectivity index (χ1v) is 6.11. The van der Waals surface area contributed by atoms with Gasteiger partial charge in [-0.2, -0.15) is 5.26 Å². The van der Waals surface area contributed by atoms with Gasteiger partial charge >= 0.3 is 11.8 Å². The number of rotatable bonds is 1. The molecule has 5 nitrogen and oxygen atoms in total. The van der Waals surface area contributed by atoms with Gasteiger partial charge < -0.3 is 10.2 Å². The van der Waals surface area contributed by atoms with Gasteiger partial charge in [0.2, 0.25) is 0 Å². The molecule has 0 unspecified atom stereocenters. The third-order valence-electron chi connectivity index (χ3n) is 3.91. The van der Waals surface area contributed by atoms with Gasteiger partial charge in [0.05, 0.1) is 6.07 Å². The van der Waals surface area contributed by atoms with E-state index in [0.29, 0.717) is 13.1 Å². The van der Waals surface area contributed by atoms with Gasteiger partial charge in [0, 0.05) is 13.1 Å². The van der Waals surface area contributed by atoms with Gasteiger partial charge in [-0.25, -0.2) is 0 Å². The van der Waals surface area contributed by atoms with Crippen LogP contribution in [-0.2, 0) is 9.59 Å². The lowest BCUT2D eigenvalue weighted by Crippen LogP contribution is -2.42. The molecule has 1 aliphatic carbocycles. The highest BCUT2D eigenvalue weighted by atomic mass is 16.2. The van der Waals surface area contributed by atoms with Crippen molar-refractivity contribution < 1.29 is 9.59 Å². The van der Waals surface area contributed by atoms with E-state index in [1.807, 2.05) is 0 Å². The molecule has 5 heteroatoms. The third-order valence-corrected chi connectivity index (χ3v) is 3.91. The monoisotopic (exact) mass is 235 g/mol. The molecule has 2 rings (SSSR count). The van der Waals surface area contributed by atoms with Crippen LogP contribution in [0.25, 0.3) is 0 Å². The molecule has 2 fully saturated rings. The van der Waals surface area contributed by atoms with Crippen LogP contribution in [0, 0.1) is 16.7 Å². The van der Waals surface area contributed by atoms with Crippen LogP contribution < -0.4 is 5.32 Å². The van der Waals surface area contributed by atoms with E-state index < -0.39 is 11.8 Å². The van der Waals surface area contributed by atoms with Crippen LogP contribution in [-0.4, -0.2) is 36.3 Å². The standard InChI is InChI=1S/C12H17N3O2/c13-6-7-14-10(16)11(17)15-8-5-12(9-15)3-1-2-4-12/h1-5,7-9H2,(H,14,16). The summed E-state index contributed by atoms with van der Waals surface area (Å²) in [6.45, 7) is 1.29. The maximum Gasteiger partial charge on any atom is 0.311 e. The minimum atomic E-state index is -0.651. The van der Waals surface area contributed by atoms with Crippen molar-refractivity contribution in [2.45, 2.75) is 32.1 Å². The normalized spacial score (nSPS) is 21.5. The second-order valence-electron chi connectivity index (χ2n) is 5.02. The molecule has 1 saturated carbocycles. The number of hydrogen-bond donors (Lipinski definition) is 1. The Morgan fingerprint density at radius 2 is 2.00 bits per heavy atom. The Labute approximate surface area is 101 Å². The molecule has 1 N–H and O–H groups in total. The summed E-state index contributed by atoms with van der Waals surface area (Å²) in [4.78, 5) is 24.9. The van der Waals surface area contributed by atoms with Gasteiger partial charge in [-0.1, -0.05) is 12.8 Å². The molecule has 2 aliphatic rings. The van der Waals surface area contributed by atoms with Crippen LogP contribution in [0.5, 0.6) is 0 Å². The molecule has 0 radical (unpaired) electrons. The lowest BCUT2D eigenvalue weighted by atomic mass is 9.86. The topological polar surface area (TPSA) is 73.2 Å². The molecular formula is C12H17N3O2. The van der Waals surface area contributed by atoms with Crippen molar-refractivity contribution in [1.29, 1.82) is 5.26 Å². The number of nitrogens with one attached hydrogen (secondary N) is 1. The predicted molar refractivity (Wildman–Crippen MR) is 60.7 cm³/mol. The highest BCUT2D eigenvalue weighted by Gasteiger charge is 2.42. The molecule has 1 spiro atoms. The average Bonchev–Trinajstić information content (AvgIpc) is 2.96. The van der Waals surface area contributed by atoms with Crippen molar-refractivity contribution in [3.63, 3.8) is 0 Å². The number of amides is 2. The quantitative estimate of drug-likeness (QED) is 0.528. The number of nitriles is 1. The Morgan fingerprint density at radius 3 is 2.65 bits per heavy atom. The number of carbonyl (C=O) groups is 2. The van der Waals surface area contributed by atoms with Gasteiger partial charge in [-0.05, 0) is 24.7 Å². The number of carbonyl (C=O) groups excluding carboxylic acids is 2. The van der Waals surface area contributed by atoms with E-state index in [-0.39, 0.29) is 12.0 Å². The van der Waals surface area contributed by atoms with E-state index in [0.717, 1.165) is 6.42 Å². The van der Waals surface area contributed by atoms with Crippen LogP contribution in [0.3, 0.4) is 0 Å². The second-order valence-corrected chi connectivity index (χ2v) is 5.02. The predicted octanol–water partition coefficient (Wildman–Crippen LogP) is 0.419. The summed E-state index contributed by atoms with van der Waals surface area (Å²) in [5.41, 5.74) is 0.283. The number of likely N-dealkylation sites (tertiary alicyclic amines) is 1. The maximum atomic E-state index is 11.8. The van der Waals surface area contributed by atoms with Crippen LogP contribution in [0.15, 0.2) is 0 Å². The van der Waals surface area contributed by atoms with E-state index in [9.17, 15) is 9.59 Å². The minimum absolute atomic E-state index is 0.108. The zero-order valence-electron chi connectivity index (χ0n) is 9.87. The van der Waals surface area contributed by atoms with Crippen LogP contribution in [0.1, 0.15) is 32.1 Å². The molecule has 1 saturated heterocycles. The molecule has 2 amide bonds. The highest BCUT2D eigenvalue weighted by molar-refractivity contribution is 6.35. The summed E-state index contributed by atoms with van der Waals surface area (Å²) < 4.78 is 0. The van der Waals surface area contributed by atoms with Crippen molar-refractivity contribution in [1.82, 2.24) is 10.2 Å². The second kappa shape index (κ2) is 4.74. The first-order valence-electron chi connectivity index (χ1n) is 6.11. The zero-order valence-corrected chi connectivity index (χ0v) is 9.87. The van der Waals surface area contributed by atoms with Crippen LogP contribution in [0.2, 0.25) is 0 Å². The molecule has 92 valence electrons. The van der Waals surface area contributed by atoms with Gasteiger partial charge in [0.15, 0.2) is 0 Å². The molecule has 0 aromatic rings.